The average Bonchev–Trinajstić information content (AvgIpc) is 2.85. The van der Waals surface area contributed by atoms with Gasteiger partial charge in [0.2, 0.25) is 0 Å². The van der Waals surface area contributed by atoms with Gasteiger partial charge < -0.3 is 35.2 Å². The average molecular weight is 504 g/mol. The lowest BCUT2D eigenvalue weighted by molar-refractivity contribution is -0.0802. The van der Waals surface area contributed by atoms with Crippen molar-refractivity contribution < 1.29 is 20.4 Å². The number of fused-ring (bicyclic) bond motifs is 2. The van der Waals surface area contributed by atoms with E-state index in [0.29, 0.717) is 17.6 Å². The number of nitrogens with one attached hydrogen (secondary N) is 2. The van der Waals surface area contributed by atoms with Gasteiger partial charge in [0.15, 0.2) is 11.5 Å². The Morgan fingerprint density at radius 2 is 1.81 bits per heavy atom. The number of anilines is 1. The zero-order chi connectivity index (χ0) is 26.0. The van der Waals surface area contributed by atoms with Gasteiger partial charge in [-0.2, -0.15) is 4.98 Å². The zero-order valence-corrected chi connectivity index (χ0v) is 20.4. The number of H-pyrrole nitrogens is 1. The molecule has 3 heterocycles. The monoisotopic (exact) mass is 503 g/mol. The molecule has 4 rings (SSSR count). The summed E-state index contributed by atoms with van der Waals surface area (Å²) in [5, 5.41) is 43.1. The second-order valence-electron chi connectivity index (χ2n) is 9.30. The van der Waals surface area contributed by atoms with Crippen LogP contribution in [0.1, 0.15) is 5.56 Å². The summed E-state index contributed by atoms with van der Waals surface area (Å²) < 4.78 is 1.43. The third-order valence-corrected chi connectivity index (χ3v) is 6.64. The third kappa shape index (κ3) is 5.56. The highest BCUT2D eigenvalue weighted by molar-refractivity contribution is 5.84. The highest BCUT2D eigenvalue weighted by Gasteiger charge is 2.27. The van der Waals surface area contributed by atoms with E-state index >= 15 is 0 Å². The van der Waals surface area contributed by atoms with Crippen LogP contribution in [0.5, 0.6) is 0 Å². The van der Waals surface area contributed by atoms with E-state index in [1.807, 2.05) is 6.92 Å². The molecule has 0 aliphatic carbocycles. The summed E-state index contributed by atoms with van der Waals surface area (Å²) in [4.78, 5) is 39.5. The van der Waals surface area contributed by atoms with Crippen molar-refractivity contribution in [2.24, 2.45) is 0 Å². The number of aryl methyl sites for hydroxylation is 1. The molecule has 196 valence electrons. The van der Waals surface area contributed by atoms with Crippen LogP contribution in [0.4, 0.5) is 5.69 Å². The minimum absolute atomic E-state index is 0.0618. The molecule has 6 N–H and O–H groups in total. The number of likely N-dealkylation sites (N-methyl/N-ethyl adjacent to an activating group) is 1. The van der Waals surface area contributed by atoms with Gasteiger partial charge in [-0.25, -0.2) is 9.78 Å². The Bertz CT molecular complexity index is 1290. The standard InChI is InChI=1S/C23H33N7O6/c1-13-9-15-16(10-14(13)24-3-4-29-7-5-28(2)6-8-29)30(11-17(32)20(34)18(33)12-31)21-19(25-15)22(35)27-23(36)26-21/h9-10,17-18,20,24,31-34H,3-8,11-12H2,1-2H3,(H,27,35,36)/t17-,18+,20?/m0/s1. The number of aliphatic hydroxyl groups is 4. The van der Waals surface area contributed by atoms with E-state index in [0.717, 1.165) is 44.0 Å². The van der Waals surface area contributed by atoms with Gasteiger partial charge in [-0.3, -0.25) is 14.7 Å². The SMILES string of the molecule is Cc1cc2nc3c(=O)[nH]c(=O)nc-3n(C[C@H](O)C(O)[C@H](O)CO)c2cc1NCCN1CCN(C)CC1. The molecular weight excluding hydrogens is 470 g/mol. The molecular formula is C23H33N7O6. The third-order valence-electron chi connectivity index (χ3n) is 6.64. The first-order chi connectivity index (χ1) is 17.2. The molecule has 0 amide bonds. The van der Waals surface area contributed by atoms with Crippen molar-refractivity contribution in [3.63, 3.8) is 0 Å². The van der Waals surface area contributed by atoms with Crippen LogP contribution in [0.25, 0.3) is 22.6 Å². The van der Waals surface area contributed by atoms with E-state index in [9.17, 15) is 24.9 Å². The Labute approximate surface area is 207 Å². The zero-order valence-electron chi connectivity index (χ0n) is 20.4. The second kappa shape index (κ2) is 11.0. The maximum atomic E-state index is 12.5. The van der Waals surface area contributed by atoms with E-state index in [1.54, 1.807) is 12.1 Å². The first-order valence-corrected chi connectivity index (χ1v) is 11.9. The quantitative estimate of drug-likeness (QED) is 0.172. The van der Waals surface area contributed by atoms with Crippen LogP contribution in [-0.2, 0) is 6.54 Å². The molecule has 1 fully saturated rings. The predicted octanol–water partition coefficient (Wildman–Crippen LogP) is -2.37. The molecule has 0 saturated carbocycles. The fraction of sp³-hybridized carbons (Fsp3) is 0.565. The Hall–Kier alpha value is -2.94. The summed E-state index contributed by atoms with van der Waals surface area (Å²) in [5.41, 5.74) is 0.909. The summed E-state index contributed by atoms with van der Waals surface area (Å²) >= 11 is 0. The molecule has 1 unspecified atom stereocenters. The number of piperazine rings is 1. The van der Waals surface area contributed by atoms with Crippen molar-refractivity contribution in [2.45, 2.75) is 31.8 Å². The van der Waals surface area contributed by atoms with Gasteiger partial charge in [0.25, 0.3) is 5.56 Å². The summed E-state index contributed by atoms with van der Waals surface area (Å²) in [5.74, 6) is -0.0618. The summed E-state index contributed by atoms with van der Waals surface area (Å²) in [6.45, 7) is 6.47. The minimum atomic E-state index is -1.67. The lowest BCUT2D eigenvalue weighted by Crippen LogP contribution is -2.45. The summed E-state index contributed by atoms with van der Waals surface area (Å²) in [6, 6.07) is 3.59. The summed E-state index contributed by atoms with van der Waals surface area (Å²) in [7, 11) is 2.11. The van der Waals surface area contributed by atoms with Crippen molar-refractivity contribution in [2.75, 3.05) is 58.2 Å². The van der Waals surface area contributed by atoms with E-state index < -0.39 is 36.2 Å². The van der Waals surface area contributed by atoms with Crippen LogP contribution in [0.15, 0.2) is 21.7 Å². The first-order valence-electron chi connectivity index (χ1n) is 11.9. The maximum Gasteiger partial charge on any atom is 0.349 e. The molecule has 13 heteroatoms. The second-order valence-corrected chi connectivity index (χ2v) is 9.30. The summed E-state index contributed by atoms with van der Waals surface area (Å²) in [6.07, 6.45) is -4.77. The Morgan fingerprint density at radius 3 is 2.50 bits per heavy atom. The lowest BCUT2D eigenvalue weighted by Gasteiger charge is -2.32. The van der Waals surface area contributed by atoms with Crippen LogP contribution < -0.4 is 16.6 Å². The Kier molecular flexibility index (Phi) is 7.97. The van der Waals surface area contributed by atoms with Crippen molar-refractivity contribution in [3.05, 3.63) is 38.5 Å². The number of aromatic amines is 1. The fourth-order valence-electron chi connectivity index (χ4n) is 4.40. The molecule has 1 saturated heterocycles. The highest BCUT2D eigenvalue weighted by atomic mass is 16.4. The number of hydrogen-bond donors (Lipinski definition) is 6. The van der Waals surface area contributed by atoms with Crippen LogP contribution in [0.2, 0.25) is 0 Å². The molecule has 3 aliphatic rings. The molecule has 0 aromatic heterocycles. The molecule has 13 nitrogen and oxygen atoms in total. The van der Waals surface area contributed by atoms with Crippen molar-refractivity contribution in [1.82, 2.24) is 29.3 Å². The minimum Gasteiger partial charge on any atom is -0.394 e. The first kappa shape index (κ1) is 26.1. The van der Waals surface area contributed by atoms with Gasteiger partial charge >= 0.3 is 5.69 Å². The number of nitrogens with zero attached hydrogens (tertiary/aromatic N) is 5. The normalized spacial score (nSPS) is 17.9. The van der Waals surface area contributed by atoms with Crippen molar-refractivity contribution in [1.29, 1.82) is 0 Å². The van der Waals surface area contributed by atoms with Gasteiger partial charge in [-0.05, 0) is 31.7 Å². The van der Waals surface area contributed by atoms with E-state index in [2.05, 4.69) is 37.1 Å². The highest BCUT2D eigenvalue weighted by Crippen LogP contribution is 2.27. The number of rotatable bonds is 9. The van der Waals surface area contributed by atoms with E-state index in [4.69, 9.17) is 5.11 Å². The number of aromatic nitrogens is 4. The molecule has 3 atom stereocenters. The Balaban J connectivity index is 1.70. The van der Waals surface area contributed by atoms with Crippen LogP contribution >= 0.6 is 0 Å². The van der Waals surface area contributed by atoms with Gasteiger partial charge in [-0.15, -0.1) is 0 Å². The van der Waals surface area contributed by atoms with E-state index in [-0.39, 0.29) is 18.1 Å². The lowest BCUT2D eigenvalue weighted by atomic mass is 10.1. The molecule has 3 aliphatic heterocycles. The topological polar surface area (TPSA) is 180 Å². The Morgan fingerprint density at radius 1 is 1.08 bits per heavy atom. The molecule has 1 aromatic carbocycles. The molecule has 0 bridgehead atoms. The van der Waals surface area contributed by atoms with Crippen molar-refractivity contribution in [3.8, 4) is 11.5 Å². The maximum absolute atomic E-state index is 12.5. The van der Waals surface area contributed by atoms with Crippen LogP contribution in [0, 0.1) is 6.92 Å². The van der Waals surface area contributed by atoms with Gasteiger partial charge in [0.05, 0.1) is 24.2 Å². The van der Waals surface area contributed by atoms with E-state index in [1.165, 1.54) is 4.57 Å². The van der Waals surface area contributed by atoms with Gasteiger partial charge in [-0.1, -0.05) is 0 Å². The van der Waals surface area contributed by atoms with Crippen molar-refractivity contribution >= 4 is 16.7 Å². The number of benzene rings is 1. The van der Waals surface area contributed by atoms with Gasteiger partial charge in [0, 0.05) is 45.0 Å². The number of aliphatic hydroxyl groups excluding tert-OH is 4. The molecule has 0 spiro atoms. The molecule has 0 radical (unpaired) electrons. The fourth-order valence-corrected chi connectivity index (χ4v) is 4.40. The number of hydrogen-bond acceptors (Lipinski definition) is 11. The van der Waals surface area contributed by atoms with Crippen LogP contribution in [0.3, 0.4) is 0 Å². The largest absolute Gasteiger partial charge is 0.394 e. The van der Waals surface area contributed by atoms with Gasteiger partial charge in [0.1, 0.15) is 18.3 Å². The molecule has 1 aromatic rings. The van der Waals surface area contributed by atoms with Crippen LogP contribution in [-0.4, -0.2) is 121 Å². The predicted molar refractivity (Wildman–Crippen MR) is 133 cm³/mol. The molecule has 36 heavy (non-hydrogen) atoms. The smallest absolute Gasteiger partial charge is 0.349 e.